The van der Waals surface area contributed by atoms with Crippen molar-refractivity contribution >= 4 is 35.7 Å². The first-order valence-corrected chi connectivity index (χ1v) is 22.1. The first-order valence-electron chi connectivity index (χ1n) is 22.1. The molecule has 0 fully saturated rings. The van der Waals surface area contributed by atoms with Gasteiger partial charge >= 0.3 is 11.9 Å². The Morgan fingerprint density at radius 3 is 1.03 bits per heavy atom. The van der Waals surface area contributed by atoms with Crippen molar-refractivity contribution in [2.75, 3.05) is 26.4 Å². The predicted molar refractivity (Wildman–Crippen MR) is 253 cm³/mol. The number of hydrogen-bond donors (Lipinski definition) is 0. The van der Waals surface area contributed by atoms with Crippen molar-refractivity contribution in [1.29, 1.82) is 0 Å². The molecule has 64 heavy (non-hydrogen) atoms. The molecule has 0 spiro atoms. The number of ether oxygens (including phenoxy) is 6. The van der Waals surface area contributed by atoms with Crippen LogP contribution >= 0.6 is 0 Å². The maximum Gasteiger partial charge on any atom is 0.343 e. The average Bonchev–Trinajstić information content (AvgIpc) is 3.33. The summed E-state index contributed by atoms with van der Waals surface area (Å²) in [5.74, 6) is 2.94. The Balaban J connectivity index is 0.854. The number of hydrogen-bond acceptors (Lipinski definition) is 10. The third-order valence-electron chi connectivity index (χ3n) is 9.91. The molecule has 10 heteroatoms. The lowest BCUT2D eigenvalue weighted by Gasteiger charge is -2.09. The summed E-state index contributed by atoms with van der Waals surface area (Å²) in [6.45, 7) is 6.44. The summed E-state index contributed by atoms with van der Waals surface area (Å²) >= 11 is 0. The first-order chi connectivity index (χ1) is 31.4. The summed E-state index contributed by atoms with van der Waals surface area (Å²) in [7, 11) is 0. The van der Waals surface area contributed by atoms with Crippen molar-refractivity contribution in [3.05, 3.63) is 168 Å². The van der Waals surface area contributed by atoms with Crippen molar-refractivity contribution in [3.8, 4) is 34.5 Å². The van der Waals surface area contributed by atoms with E-state index in [0.717, 1.165) is 59.7 Å². The van der Waals surface area contributed by atoms with Gasteiger partial charge < -0.3 is 28.4 Å². The van der Waals surface area contributed by atoms with Gasteiger partial charge in [-0.1, -0.05) is 52.4 Å². The SMILES string of the molecule is CCCCCCOc1ccc(C(=O)Oc2ccc(C=Nc3ccc(OCCOc4ccc(N=Cc5ccc(OC(=O)c6ccc(OCCCCCC)cc6)cc5)cc4)cc3)cc2)cc1. The van der Waals surface area contributed by atoms with Gasteiger partial charge in [-0.3, -0.25) is 9.98 Å². The van der Waals surface area contributed by atoms with Gasteiger partial charge in [0.2, 0.25) is 0 Å². The second-order valence-corrected chi connectivity index (χ2v) is 15.0. The fraction of sp³-hybridized carbons (Fsp3) is 0.259. The zero-order valence-corrected chi connectivity index (χ0v) is 36.7. The van der Waals surface area contributed by atoms with Crippen LogP contribution in [0.25, 0.3) is 0 Å². The van der Waals surface area contributed by atoms with Crippen LogP contribution in [0.5, 0.6) is 34.5 Å². The van der Waals surface area contributed by atoms with E-state index in [9.17, 15) is 9.59 Å². The van der Waals surface area contributed by atoms with E-state index in [1.54, 1.807) is 85.2 Å². The predicted octanol–water partition coefficient (Wildman–Crippen LogP) is 13.0. The van der Waals surface area contributed by atoms with E-state index in [4.69, 9.17) is 28.4 Å². The minimum absolute atomic E-state index is 0.365. The van der Waals surface area contributed by atoms with E-state index in [1.807, 2.05) is 72.8 Å². The smallest absolute Gasteiger partial charge is 0.343 e. The van der Waals surface area contributed by atoms with Crippen LogP contribution in [0, 0.1) is 0 Å². The highest BCUT2D eigenvalue weighted by atomic mass is 16.5. The quantitative estimate of drug-likeness (QED) is 0.0242. The molecule has 10 nitrogen and oxygen atoms in total. The minimum atomic E-state index is -0.429. The molecule has 0 amide bonds. The molecule has 0 N–H and O–H groups in total. The molecule has 330 valence electrons. The van der Waals surface area contributed by atoms with Crippen molar-refractivity contribution in [3.63, 3.8) is 0 Å². The van der Waals surface area contributed by atoms with E-state index >= 15 is 0 Å². The Bertz CT molecular complexity index is 2190. The summed E-state index contributed by atoms with van der Waals surface area (Å²) in [4.78, 5) is 34.4. The van der Waals surface area contributed by atoms with E-state index in [0.29, 0.717) is 60.6 Å². The van der Waals surface area contributed by atoms with E-state index in [-0.39, 0.29) is 0 Å². The highest BCUT2D eigenvalue weighted by Gasteiger charge is 2.11. The van der Waals surface area contributed by atoms with E-state index in [1.165, 1.54) is 25.7 Å². The number of benzene rings is 6. The molecule has 0 aliphatic rings. The van der Waals surface area contributed by atoms with Crippen LogP contribution < -0.4 is 28.4 Å². The van der Waals surface area contributed by atoms with Crippen LogP contribution in [0.1, 0.15) is 97.1 Å². The largest absolute Gasteiger partial charge is 0.494 e. The Hall–Kier alpha value is -7.20. The first kappa shape index (κ1) is 46.3. The second-order valence-electron chi connectivity index (χ2n) is 15.0. The van der Waals surface area contributed by atoms with Crippen LogP contribution in [0.4, 0.5) is 11.4 Å². The molecule has 6 rings (SSSR count). The van der Waals surface area contributed by atoms with Gasteiger partial charge in [-0.05, 0) is 170 Å². The lowest BCUT2D eigenvalue weighted by Crippen LogP contribution is -2.08. The van der Waals surface area contributed by atoms with Gasteiger partial charge in [0.25, 0.3) is 0 Å². The number of unbranched alkanes of at least 4 members (excludes halogenated alkanes) is 6. The van der Waals surface area contributed by atoms with Crippen molar-refractivity contribution in [2.24, 2.45) is 9.98 Å². The number of nitrogens with zero attached hydrogens (tertiary/aromatic N) is 2. The fourth-order valence-electron chi connectivity index (χ4n) is 6.26. The number of esters is 2. The molecule has 0 radical (unpaired) electrons. The van der Waals surface area contributed by atoms with Crippen molar-refractivity contribution in [1.82, 2.24) is 0 Å². The maximum absolute atomic E-state index is 12.7. The molecule has 0 atom stereocenters. The van der Waals surface area contributed by atoms with Gasteiger partial charge in [0.05, 0.1) is 35.7 Å². The summed E-state index contributed by atoms with van der Waals surface area (Å²) in [6, 6.07) is 43.3. The molecule has 0 aliphatic carbocycles. The van der Waals surface area contributed by atoms with Gasteiger partial charge in [-0.25, -0.2) is 9.59 Å². The van der Waals surface area contributed by atoms with Crippen molar-refractivity contribution < 1.29 is 38.0 Å². The van der Waals surface area contributed by atoms with Gasteiger partial charge in [0, 0.05) is 12.4 Å². The minimum Gasteiger partial charge on any atom is -0.494 e. The van der Waals surface area contributed by atoms with Gasteiger partial charge in [0.15, 0.2) is 0 Å². The number of aliphatic imine (C=N–C) groups is 2. The Morgan fingerprint density at radius 1 is 0.375 bits per heavy atom. The standard InChI is InChI=1S/C54H56N2O8/c1-3-5-7-9-35-59-47-27-15-43(16-28-47)53(57)63-51-23-11-41(12-24-51)39-55-45-19-31-49(32-20-45)61-37-38-62-50-33-21-46(22-34-50)56-40-42-13-25-52(26-14-42)64-54(58)44-17-29-48(30-18-44)60-36-10-8-6-4-2/h11-34,39-40H,3-10,35-38H2,1-2H3. The fourth-order valence-corrected chi connectivity index (χ4v) is 6.26. The molecule has 0 aliphatic heterocycles. The molecule has 6 aromatic carbocycles. The van der Waals surface area contributed by atoms with Gasteiger partial charge in [-0.15, -0.1) is 0 Å². The van der Waals surface area contributed by atoms with Crippen molar-refractivity contribution in [2.45, 2.75) is 65.2 Å². The summed E-state index contributed by atoms with van der Waals surface area (Å²) < 4.78 is 34.4. The molecule has 0 aromatic heterocycles. The molecule has 0 unspecified atom stereocenters. The average molecular weight is 861 g/mol. The van der Waals surface area contributed by atoms with Gasteiger partial charge in [-0.2, -0.15) is 0 Å². The summed E-state index contributed by atoms with van der Waals surface area (Å²) in [5, 5.41) is 0. The Labute approximate surface area is 376 Å². The molecule has 6 aromatic rings. The monoisotopic (exact) mass is 860 g/mol. The highest BCUT2D eigenvalue weighted by Crippen LogP contribution is 2.23. The third kappa shape index (κ3) is 15.9. The number of carbonyl (C=O) groups excluding carboxylic acids is 2. The maximum atomic E-state index is 12.7. The van der Waals surface area contributed by atoms with Crippen LogP contribution in [-0.2, 0) is 0 Å². The van der Waals surface area contributed by atoms with Gasteiger partial charge in [0.1, 0.15) is 47.7 Å². The number of rotatable bonds is 25. The zero-order chi connectivity index (χ0) is 44.6. The van der Waals surface area contributed by atoms with Crippen LogP contribution in [0.3, 0.4) is 0 Å². The summed E-state index contributed by atoms with van der Waals surface area (Å²) in [6.07, 6.45) is 12.6. The summed E-state index contributed by atoms with van der Waals surface area (Å²) in [5.41, 5.74) is 4.18. The second kappa shape index (κ2) is 25.7. The molecular formula is C54H56N2O8. The lowest BCUT2D eigenvalue weighted by atomic mass is 10.2. The topological polar surface area (TPSA) is 114 Å². The zero-order valence-electron chi connectivity index (χ0n) is 36.7. The van der Waals surface area contributed by atoms with Crippen LogP contribution in [-0.4, -0.2) is 50.8 Å². The molecule has 0 saturated carbocycles. The normalized spacial score (nSPS) is 11.1. The van der Waals surface area contributed by atoms with E-state index < -0.39 is 11.9 Å². The Kier molecular flexibility index (Phi) is 18.6. The van der Waals surface area contributed by atoms with Crippen LogP contribution in [0.15, 0.2) is 156 Å². The molecular weight excluding hydrogens is 805 g/mol. The molecule has 0 saturated heterocycles. The Morgan fingerprint density at radius 2 is 0.688 bits per heavy atom. The van der Waals surface area contributed by atoms with Crippen LogP contribution in [0.2, 0.25) is 0 Å². The highest BCUT2D eigenvalue weighted by molar-refractivity contribution is 5.92. The number of carbonyl (C=O) groups is 2. The third-order valence-corrected chi connectivity index (χ3v) is 9.91. The van der Waals surface area contributed by atoms with E-state index in [2.05, 4.69) is 23.8 Å². The lowest BCUT2D eigenvalue weighted by molar-refractivity contribution is 0.0725. The molecule has 0 heterocycles. The molecule has 0 bridgehead atoms.